The summed E-state index contributed by atoms with van der Waals surface area (Å²) in [5.74, 6) is 0.184. The molecule has 0 aliphatic heterocycles. The van der Waals surface area contributed by atoms with Crippen molar-refractivity contribution in [2.75, 3.05) is 6.61 Å². The van der Waals surface area contributed by atoms with Crippen LogP contribution < -0.4 is 10.1 Å². The van der Waals surface area contributed by atoms with Crippen LogP contribution in [0.2, 0.25) is 10.0 Å². The van der Waals surface area contributed by atoms with Crippen molar-refractivity contribution in [1.29, 1.82) is 0 Å². The topological polar surface area (TPSA) is 58.6 Å². The summed E-state index contributed by atoms with van der Waals surface area (Å²) in [6.45, 7) is 3.77. The fourth-order valence-electron chi connectivity index (χ4n) is 3.74. The highest BCUT2D eigenvalue weighted by molar-refractivity contribution is 6.42. The SMILES string of the molecule is Cc1cccc(OCC(=O)N(Cc2ccc(Cl)c(Cl)c2)[C@H](C)C(=O)NC2CCCC2)c1. The first-order valence-electron chi connectivity index (χ1n) is 10.6. The molecule has 0 heterocycles. The highest BCUT2D eigenvalue weighted by atomic mass is 35.5. The zero-order valence-corrected chi connectivity index (χ0v) is 19.4. The van der Waals surface area contributed by atoms with Crippen molar-refractivity contribution in [3.63, 3.8) is 0 Å². The van der Waals surface area contributed by atoms with Crippen LogP contribution in [0.25, 0.3) is 0 Å². The number of hydrogen-bond donors (Lipinski definition) is 1. The van der Waals surface area contributed by atoms with Crippen molar-refractivity contribution < 1.29 is 14.3 Å². The van der Waals surface area contributed by atoms with Gasteiger partial charge >= 0.3 is 0 Å². The zero-order chi connectivity index (χ0) is 22.4. The molecule has 5 nitrogen and oxygen atoms in total. The number of carbonyl (C=O) groups is 2. The number of rotatable bonds is 8. The molecule has 1 aliphatic rings. The van der Waals surface area contributed by atoms with E-state index >= 15 is 0 Å². The van der Waals surface area contributed by atoms with E-state index in [4.69, 9.17) is 27.9 Å². The van der Waals surface area contributed by atoms with Crippen LogP contribution in [0, 0.1) is 6.92 Å². The van der Waals surface area contributed by atoms with Crippen LogP contribution in [-0.2, 0) is 16.1 Å². The van der Waals surface area contributed by atoms with Gasteiger partial charge in [-0.05, 0) is 62.1 Å². The summed E-state index contributed by atoms with van der Waals surface area (Å²) >= 11 is 12.2. The van der Waals surface area contributed by atoms with Gasteiger partial charge in [0.1, 0.15) is 11.8 Å². The monoisotopic (exact) mass is 462 g/mol. The minimum absolute atomic E-state index is 0.157. The normalized spacial score (nSPS) is 14.8. The molecule has 2 aromatic carbocycles. The van der Waals surface area contributed by atoms with E-state index in [0.29, 0.717) is 15.8 Å². The van der Waals surface area contributed by atoms with Crippen LogP contribution in [0.15, 0.2) is 42.5 Å². The lowest BCUT2D eigenvalue weighted by molar-refractivity contribution is -0.142. The molecule has 0 radical (unpaired) electrons. The van der Waals surface area contributed by atoms with Gasteiger partial charge in [-0.2, -0.15) is 0 Å². The number of benzene rings is 2. The Morgan fingerprint density at radius 1 is 1.13 bits per heavy atom. The second-order valence-corrected chi connectivity index (χ2v) is 8.86. The van der Waals surface area contributed by atoms with E-state index in [1.807, 2.05) is 25.1 Å². The summed E-state index contributed by atoms with van der Waals surface area (Å²) in [6, 6.07) is 12.2. The van der Waals surface area contributed by atoms with Gasteiger partial charge in [-0.15, -0.1) is 0 Å². The second kappa shape index (κ2) is 10.9. The number of aryl methyl sites for hydroxylation is 1. The maximum absolute atomic E-state index is 13.1. The maximum Gasteiger partial charge on any atom is 0.261 e. The predicted molar refractivity (Wildman–Crippen MR) is 124 cm³/mol. The summed E-state index contributed by atoms with van der Waals surface area (Å²) in [7, 11) is 0. The van der Waals surface area contributed by atoms with Crippen molar-refractivity contribution in [3.8, 4) is 5.75 Å². The summed E-state index contributed by atoms with van der Waals surface area (Å²) in [6.07, 6.45) is 4.20. The van der Waals surface area contributed by atoms with Crippen LogP contribution in [0.3, 0.4) is 0 Å². The Morgan fingerprint density at radius 3 is 2.55 bits per heavy atom. The van der Waals surface area contributed by atoms with Crippen molar-refractivity contribution in [1.82, 2.24) is 10.2 Å². The summed E-state index contributed by atoms with van der Waals surface area (Å²) in [4.78, 5) is 27.5. The Morgan fingerprint density at radius 2 is 1.87 bits per heavy atom. The molecule has 1 N–H and O–H groups in total. The van der Waals surface area contributed by atoms with Gasteiger partial charge in [-0.3, -0.25) is 9.59 Å². The van der Waals surface area contributed by atoms with Crippen molar-refractivity contribution in [2.24, 2.45) is 0 Å². The number of hydrogen-bond acceptors (Lipinski definition) is 3. The van der Waals surface area contributed by atoms with Gasteiger partial charge in [0.2, 0.25) is 5.91 Å². The molecule has 0 aromatic heterocycles. The molecular weight excluding hydrogens is 435 g/mol. The van der Waals surface area contributed by atoms with Gasteiger partial charge in [-0.1, -0.05) is 54.2 Å². The Labute approximate surface area is 193 Å². The summed E-state index contributed by atoms with van der Waals surface area (Å²) < 4.78 is 5.70. The molecule has 3 rings (SSSR count). The van der Waals surface area contributed by atoms with Gasteiger partial charge in [0.15, 0.2) is 6.61 Å². The van der Waals surface area contributed by atoms with Gasteiger partial charge in [-0.25, -0.2) is 0 Å². The maximum atomic E-state index is 13.1. The molecule has 31 heavy (non-hydrogen) atoms. The van der Waals surface area contributed by atoms with E-state index < -0.39 is 6.04 Å². The number of halogens is 2. The fraction of sp³-hybridized carbons (Fsp3) is 0.417. The molecule has 7 heteroatoms. The predicted octanol–water partition coefficient (Wildman–Crippen LogP) is 5.16. The largest absolute Gasteiger partial charge is 0.484 e. The molecule has 2 aromatic rings. The Kier molecular flexibility index (Phi) is 8.22. The van der Waals surface area contributed by atoms with E-state index in [1.54, 1.807) is 31.2 Å². The van der Waals surface area contributed by atoms with Crippen molar-refractivity contribution >= 4 is 35.0 Å². The molecule has 166 valence electrons. The Hall–Kier alpha value is -2.24. The highest BCUT2D eigenvalue weighted by Gasteiger charge is 2.28. The minimum Gasteiger partial charge on any atom is -0.484 e. The lowest BCUT2D eigenvalue weighted by Gasteiger charge is -2.29. The first kappa shape index (κ1) is 23.4. The number of amides is 2. The molecular formula is C24H28Cl2N2O3. The van der Waals surface area contributed by atoms with Crippen molar-refractivity contribution in [2.45, 2.75) is 58.2 Å². The lowest BCUT2D eigenvalue weighted by atomic mass is 10.1. The lowest BCUT2D eigenvalue weighted by Crippen LogP contribution is -2.50. The van der Waals surface area contributed by atoms with Crippen LogP contribution in [0.1, 0.15) is 43.7 Å². The van der Waals surface area contributed by atoms with Crippen molar-refractivity contribution in [3.05, 3.63) is 63.6 Å². The first-order chi connectivity index (χ1) is 14.8. The highest BCUT2D eigenvalue weighted by Crippen LogP contribution is 2.24. The number of nitrogens with zero attached hydrogens (tertiary/aromatic N) is 1. The smallest absolute Gasteiger partial charge is 0.261 e. The van der Waals surface area contributed by atoms with Crippen LogP contribution in [-0.4, -0.2) is 35.4 Å². The number of carbonyl (C=O) groups excluding carboxylic acids is 2. The first-order valence-corrected chi connectivity index (χ1v) is 11.3. The van der Waals surface area contributed by atoms with E-state index in [1.165, 1.54) is 4.90 Å². The van der Waals surface area contributed by atoms with Gasteiger partial charge in [0.25, 0.3) is 5.91 Å². The van der Waals surface area contributed by atoms with Gasteiger partial charge in [0, 0.05) is 12.6 Å². The molecule has 1 fully saturated rings. The Balaban J connectivity index is 1.73. The van der Waals surface area contributed by atoms with Gasteiger partial charge < -0.3 is 15.0 Å². The standard InChI is InChI=1S/C24H28Cl2N2O3/c1-16-6-5-9-20(12-16)31-15-23(29)28(14-18-10-11-21(25)22(26)13-18)17(2)24(30)27-19-7-3-4-8-19/h5-6,9-13,17,19H,3-4,7-8,14-15H2,1-2H3,(H,27,30)/t17-/m1/s1. The average Bonchev–Trinajstić information content (AvgIpc) is 3.25. The molecule has 1 aliphatic carbocycles. The van der Waals surface area contributed by atoms with Gasteiger partial charge in [0.05, 0.1) is 10.0 Å². The van der Waals surface area contributed by atoms with Crippen LogP contribution >= 0.6 is 23.2 Å². The third-order valence-electron chi connectivity index (χ3n) is 5.56. The molecule has 0 spiro atoms. The third-order valence-corrected chi connectivity index (χ3v) is 6.30. The molecule has 0 unspecified atom stereocenters. The average molecular weight is 463 g/mol. The van der Waals surface area contributed by atoms with Crippen LogP contribution in [0.4, 0.5) is 0 Å². The molecule has 0 saturated heterocycles. The minimum atomic E-state index is -0.649. The van der Waals surface area contributed by atoms with Crippen LogP contribution in [0.5, 0.6) is 5.75 Å². The second-order valence-electron chi connectivity index (χ2n) is 8.04. The zero-order valence-electron chi connectivity index (χ0n) is 17.9. The molecule has 2 amide bonds. The molecule has 1 atom stereocenters. The van der Waals surface area contributed by atoms with E-state index in [2.05, 4.69) is 5.32 Å². The van der Waals surface area contributed by atoms with E-state index in [0.717, 1.165) is 36.8 Å². The summed E-state index contributed by atoms with van der Waals surface area (Å²) in [5, 5.41) is 3.93. The number of nitrogens with one attached hydrogen (secondary N) is 1. The molecule has 0 bridgehead atoms. The molecule has 1 saturated carbocycles. The number of ether oxygens (including phenoxy) is 1. The quantitative estimate of drug-likeness (QED) is 0.589. The van der Waals surface area contributed by atoms with E-state index in [9.17, 15) is 9.59 Å². The Bertz CT molecular complexity index is 929. The fourth-order valence-corrected chi connectivity index (χ4v) is 4.06. The third kappa shape index (κ3) is 6.62. The summed E-state index contributed by atoms with van der Waals surface area (Å²) in [5.41, 5.74) is 1.83. The van der Waals surface area contributed by atoms with E-state index in [-0.39, 0.29) is 31.0 Å².